The van der Waals surface area contributed by atoms with Crippen molar-refractivity contribution < 1.29 is 0 Å². The van der Waals surface area contributed by atoms with Crippen molar-refractivity contribution in [1.29, 1.82) is 5.26 Å². The topological polar surface area (TPSA) is 52.5 Å². The van der Waals surface area contributed by atoms with Crippen molar-refractivity contribution >= 4 is 49.6 Å². The lowest BCUT2D eigenvalue weighted by Gasteiger charge is -1.92. The summed E-state index contributed by atoms with van der Waals surface area (Å²) in [6.07, 6.45) is 0. The third-order valence-corrected chi connectivity index (χ3v) is 3.00. The normalized spacial score (nSPS) is 10.4. The lowest BCUT2D eigenvalue weighted by atomic mass is 10.2. The van der Waals surface area contributed by atoms with Gasteiger partial charge in [-0.25, -0.2) is 4.98 Å². The number of aromatic amines is 1. The summed E-state index contributed by atoms with van der Waals surface area (Å²) in [7, 11) is 0. The van der Waals surface area contributed by atoms with E-state index in [1.165, 1.54) is 0 Å². The number of halogens is 2. The van der Waals surface area contributed by atoms with Crippen LogP contribution in [-0.4, -0.2) is 9.97 Å². The molecule has 0 aliphatic carbocycles. The van der Waals surface area contributed by atoms with Crippen LogP contribution in [0.25, 0.3) is 11.0 Å². The molecule has 0 saturated carbocycles. The van der Waals surface area contributed by atoms with E-state index in [1.807, 2.05) is 12.1 Å². The Morgan fingerprint density at radius 1 is 1.57 bits per heavy atom. The van der Waals surface area contributed by atoms with E-state index in [-0.39, 0.29) is 0 Å². The van der Waals surface area contributed by atoms with Crippen molar-refractivity contribution in [2.45, 2.75) is 5.33 Å². The SMILES string of the molecule is N#Cc1cc(I)cc2[nH]c(CBr)nc12. The molecule has 1 aromatic heterocycles. The number of rotatable bonds is 1. The number of nitrogens with zero attached hydrogens (tertiary/aromatic N) is 2. The van der Waals surface area contributed by atoms with Crippen molar-refractivity contribution in [2.24, 2.45) is 0 Å². The van der Waals surface area contributed by atoms with Gasteiger partial charge in [0.05, 0.1) is 16.4 Å². The van der Waals surface area contributed by atoms with Crippen molar-refractivity contribution in [3.05, 3.63) is 27.1 Å². The van der Waals surface area contributed by atoms with Gasteiger partial charge in [-0.05, 0) is 34.7 Å². The molecule has 0 amide bonds. The summed E-state index contributed by atoms with van der Waals surface area (Å²) in [4.78, 5) is 7.46. The summed E-state index contributed by atoms with van der Waals surface area (Å²) in [5.74, 6) is 0.846. The van der Waals surface area contributed by atoms with E-state index in [0.29, 0.717) is 10.9 Å². The second-order valence-electron chi connectivity index (χ2n) is 2.78. The number of nitriles is 1. The van der Waals surface area contributed by atoms with Crippen molar-refractivity contribution in [1.82, 2.24) is 9.97 Å². The van der Waals surface area contributed by atoms with E-state index in [0.717, 1.165) is 20.4 Å². The zero-order valence-corrected chi connectivity index (χ0v) is 10.8. The summed E-state index contributed by atoms with van der Waals surface area (Å²) in [5, 5.41) is 9.59. The van der Waals surface area contributed by atoms with Gasteiger partial charge >= 0.3 is 0 Å². The standard InChI is InChI=1S/C9H5BrIN3/c10-3-8-13-7-2-6(11)1-5(4-12)9(7)14-8/h1-2H,3H2,(H,13,14). The third kappa shape index (κ3) is 1.64. The van der Waals surface area contributed by atoms with Crippen molar-refractivity contribution in [3.8, 4) is 6.07 Å². The minimum absolute atomic E-state index is 0.621. The highest BCUT2D eigenvalue weighted by Gasteiger charge is 2.07. The molecule has 2 aromatic rings. The molecule has 0 aliphatic heterocycles. The monoisotopic (exact) mass is 361 g/mol. The fourth-order valence-corrected chi connectivity index (χ4v) is 2.17. The quantitative estimate of drug-likeness (QED) is 0.627. The van der Waals surface area contributed by atoms with Gasteiger partial charge < -0.3 is 4.98 Å². The van der Waals surface area contributed by atoms with Crippen LogP contribution in [0.2, 0.25) is 0 Å². The highest BCUT2D eigenvalue weighted by atomic mass is 127. The van der Waals surface area contributed by atoms with Crippen LogP contribution in [0, 0.1) is 14.9 Å². The number of imidazole rings is 1. The van der Waals surface area contributed by atoms with Crippen LogP contribution in [0.4, 0.5) is 0 Å². The number of hydrogen-bond acceptors (Lipinski definition) is 2. The summed E-state index contributed by atoms with van der Waals surface area (Å²) in [6, 6.07) is 5.96. The number of hydrogen-bond donors (Lipinski definition) is 1. The highest BCUT2D eigenvalue weighted by molar-refractivity contribution is 14.1. The van der Waals surface area contributed by atoms with Crippen LogP contribution < -0.4 is 0 Å². The molecule has 0 bridgehead atoms. The third-order valence-electron chi connectivity index (χ3n) is 1.85. The van der Waals surface area contributed by atoms with E-state index in [2.05, 4.69) is 54.6 Å². The van der Waals surface area contributed by atoms with Crippen LogP contribution in [0.5, 0.6) is 0 Å². The fraction of sp³-hybridized carbons (Fsp3) is 0.111. The number of benzene rings is 1. The molecule has 5 heteroatoms. The Morgan fingerprint density at radius 3 is 3.00 bits per heavy atom. The van der Waals surface area contributed by atoms with Crippen LogP contribution in [0.1, 0.15) is 11.4 Å². The van der Waals surface area contributed by atoms with Gasteiger partial charge in [-0.2, -0.15) is 5.26 Å². The fourth-order valence-electron chi connectivity index (χ4n) is 1.28. The van der Waals surface area contributed by atoms with Gasteiger partial charge in [-0.3, -0.25) is 0 Å². The molecule has 0 aliphatic rings. The maximum Gasteiger partial charge on any atom is 0.117 e. The highest BCUT2D eigenvalue weighted by Crippen LogP contribution is 2.20. The molecule has 14 heavy (non-hydrogen) atoms. The molecule has 0 radical (unpaired) electrons. The molecular formula is C9H5BrIN3. The van der Waals surface area contributed by atoms with Gasteiger partial charge in [0.2, 0.25) is 0 Å². The first-order valence-corrected chi connectivity index (χ1v) is 6.09. The van der Waals surface area contributed by atoms with Gasteiger partial charge in [0, 0.05) is 3.57 Å². The number of nitrogens with one attached hydrogen (secondary N) is 1. The van der Waals surface area contributed by atoms with E-state index >= 15 is 0 Å². The molecule has 0 saturated heterocycles. The molecule has 0 unspecified atom stereocenters. The van der Waals surface area contributed by atoms with Crippen LogP contribution in [0.3, 0.4) is 0 Å². The smallest absolute Gasteiger partial charge is 0.117 e. The molecular weight excluding hydrogens is 357 g/mol. The Hall–Kier alpha value is -0.610. The lowest BCUT2D eigenvalue weighted by Crippen LogP contribution is -1.81. The van der Waals surface area contributed by atoms with Crippen molar-refractivity contribution in [3.63, 3.8) is 0 Å². The minimum Gasteiger partial charge on any atom is -0.341 e. The molecule has 1 heterocycles. The van der Waals surface area contributed by atoms with E-state index in [9.17, 15) is 0 Å². The number of aromatic nitrogens is 2. The van der Waals surface area contributed by atoms with Crippen LogP contribution in [0.15, 0.2) is 12.1 Å². The largest absolute Gasteiger partial charge is 0.341 e. The Morgan fingerprint density at radius 2 is 2.36 bits per heavy atom. The Bertz CT molecular complexity index is 527. The molecule has 1 N–H and O–H groups in total. The summed E-state index contributed by atoms with van der Waals surface area (Å²) in [6.45, 7) is 0. The minimum atomic E-state index is 0.621. The lowest BCUT2D eigenvalue weighted by molar-refractivity contribution is 1.15. The van der Waals surface area contributed by atoms with E-state index in [1.54, 1.807) is 0 Å². The Kier molecular flexibility index (Phi) is 2.74. The van der Waals surface area contributed by atoms with Gasteiger partial charge in [-0.15, -0.1) is 0 Å². The van der Waals surface area contributed by atoms with E-state index < -0.39 is 0 Å². The maximum atomic E-state index is 8.92. The molecule has 0 spiro atoms. The average molecular weight is 362 g/mol. The second-order valence-corrected chi connectivity index (χ2v) is 4.58. The predicted octanol–water partition coefficient (Wildman–Crippen LogP) is 2.93. The molecule has 1 aromatic carbocycles. The van der Waals surface area contributed by atoms with Crippen molar-refractivity contribution in [2.75, 3.05) is 0 Å². The first-order chi connectivity index (χ1) is 6.74. The number of H-pyrrole nitrogens is 1. The van der Waals surface area contributed by atoms with Gasteiger partial charge in [-0.1, -0.05) is 15.9 Å². The Labute approximate surface area is 103 Å². The Balaban J connectivity index is 2.79. The summed E-state index contributed by atoms with van der Waals surface area (Å²) >= 11 is 5.51. The first-order valence-electron chi connectivity index (χ1n) is 3.89. The van der Waals surface area contributed by atoms with Crippen LogP contribution in [-0.2, 0) is 5.33 Å². The van der Waals surface area contributed by atoms with E-state index in [4.69, 9.17) is 5.26 Å². The maximum absolute atomic E-state index is 8.92. The molecule has 0 atom stereocenters. The molecule has 3 nitrogen and oxygen atoms in total. The van der Waals surface area contributed by atoms with Gasteiger partial charge in [0.15, 0.2) is 0 Å². The zero-order chi connectivity index (χ0) is 10.1. The van der Waals surface area contributed by atoms with Crippen LogP contribution >= 0.6 is 38.5 Å². The number of fused-ring (bicyclic) bond motifs is 1. The average Bonchev–Trinajstić information content (AvgIpc) is 2.59. The molecule has 0 fully saturated rings. The number of alkyl halides is 1. The summed E-state index contributed by atoms with van der Waals surface area (Å²) in [5.41, 5.74) is 2.29. The molecule has 2 rings (SSSR count). The second kappa shape index (κ2) is 3.87. The zero-order valence-electron chi connectivity index (χ0n) is 7.01. The molecule has 70 valence electrons. The predicted molar refractivity (Wildman–Crippen MR) is 66.2 cm³/mol. The first kappa shape index (κ1) is 9.93. The van der Waals surface area contributed by atoms with Gasteiger partial charge in [0.1, 0.15) is 17.4 Å². The summed E-state index contributed by atoms with van der Waals surface area (Å²) < 4.78 is 1.04. The van der Waals surface area contributed by atoms with Gasteiger partial charge in [0.25, 0.3) is 0 Å².